The lowest BCUT2D eigenvalue weighted by atomic mass is 10.2. The van der Waals surface area contributed by atoms with Gasteiger partial charge in [0.1, 0.15) is 6.61 Å². The molecule has 0 aromatic carbocycles. The van der Waals surface area contributed by atoms with Gasteiger partial charge >= 0.3 is 0 Å². The summed E-state index contributed by atoms with van der Waals surface area (Å²) in [7, 11) is 0. The van der Waals surface area contributed by atoms with Crippen LogP contribution in [0.4, 0.5) is 0 Å². The molecule has 1 aromatic rings. The van der Waals surface area contributed by atoms with Crippen LogP contribution in [0.3, 0.4) is 0 Å². The fourth-order valence-corrected chi connectivity index (χ4v) is 1.36. The molecule has 1 rings (SSSR count). The van der Waals surface area contributed by atoms with Crippen molar-refractivity contribution in [2.24, 2.45) is 5.16 Å². The topological polar surface area (TPSA) is 107 Å². The molecule has 0 radical (unpaired) electrons. The molecule has 1 N–H and O–H groups in total. The van der Waals surface area contributed by atoms with Crippen LogP contribution in [0.25, 0.3) is 0 Å². The second kappa shape index (κ2) is 9.22. The Morgan fingerprint density at radius 1 is 1.64 bits per heavy atom. The Labute approximate surface area is 128 Å². The van der Waals surface area contributed by atoms with E-state index in [4.69, 9.17) is 4.84 Å². The molecule has 1 aromatic heterocycles. The van der Waals surface area contributed by atoms with E-state index in [2.05, 4.69) is 15.5 Å². The van der Waals surface area contributed by atoms with Crippen molar-refractivity contribution in [2.45, 2.75) is 19.9 Å². The number of rotatable bonds is 8. The molecule has 118 valence electrons. The fraction of sp³-hybridized carbons (Fsp3) is 0.357. The van der Waals surface area contributed by atoms with Crippen LogP contribution < -0.4 is 5.32 Å². The molecule has 8 nitrogen and oxygen atoms in total. The second-order valence-corrected chi connectivity index (χ2v) is 4.31. The van der Waals surface area contributed by atoms with Crippen LogP contribution in [-0.2, 0) is 4.84 Å². The van der Waals surface area contributed by atoms with Crippen molar-refractivity contribution in [1.29, 1.82) is 0 Å². The lowest BCUT2D eigenvalue weighted by Crippen LogP contribution is -2.29. The Bertz CT molecular complexity index is 557. The summed E-state index contributed by atoms with van der Waals surface area (Å²) in [6.07, 6.45) is 5.86. The van der Waals surface area contributed by atoms with E-state index in [0.717, 1.165) is 0 Å². The first kappa shape index (κ1) is 17.3. The van der Waals surface area contributed by atoms with Crippen molar-refractivity contribution in [2.75, 3.05) is 13.2 Å². The summed E-state index contributed by atoms with van der Waals surface area (Å²) in [6.45, 7) is 3.66. The third-order valence-corrected chi connectivity index (χ3v) is 2.56. The summed E-state index contributed by atoms with van der Waals surface area (Å²) in [5, 5.41) is 17.0. The molecule has 0 bridgehead atoms. The minimum Gasteiger partial charge on any atom is -0.396 e. The molecule has 0 aliphatic heterocycles. The highest BCUT2D eigenvalue weighted by Gasteiger charge is 2.09. The lowest BCUT2D eigenvalue weighted by Gasteiger charge is -2.05. The maximum atomic E-state index is 11.9. The van der Waals surface area contributed by atoms with Crippen LogP contribution in [-0.4, -0.2) is 40.7 Å². The van der Waals surface area contributed by atoms with Gasteiger partial charge in [-0.05, 0) is 31.2 Å². The Balaban J connectivity index is 2.66. The number of aromatic nitrogens is 1. The molecule has 0 saturated carbocycles. The molecule has 0 saturated heterocycles. The number of oxime groups is 1. The van der Waals surface area contributed by atoms with Gasteiger partial charge in [-0.25, -0.2) is 0 Å². The number of nitrogens with one attached hydrogen (secondary N) is 1. The van der Waals surface area contributed by atoms with Crippen molar-refractivity contribution < 1.29 is 14.6 Å². The van der Waals surface area contributed by atoms with Gasteiger partial charge in [0, 0.05) is 24.2 Å². The molecule has 0 fully saturated rings. The summed E-state index contributed by atoms with van der Waals surface area (Å²) in [4.78, 5) is 30.8. The van der Waals surface area contributed by atoms with E-state index in [1.165, 1.54) is 25.3 Å². The summed E-state index contributed by atoms with van der Waals surface area (Å²) < 4.78 is 0. The van der Waals surface area contributed by atoms with Gasteiger partial charge in [-0.2, -0.15) is 0 Å². The third kappa shape index (κ3) is 6.12. The molecule has 8 heteroatoms. The average Bonchev–Trinajstić information content (AvgIpc) is 2.54. The van der Waals surface area contributed by atoms with E-state index < -0.39 is 11.0 Å². The van der Waals surface area contributed by atoms with Crippen LogP contribution in [0.5, 0.6) is 0 Å². The number of nitrogens with zero attached hydrogens (tertiary/aromatic N) is 3. The Hall–Kier alpha value is -2.77. The fourth-order valence-electron chi connectivity index (χ4n) is 1.36. The van der Waals surface area contributed by atoms with Crippen molar-refractivity contribution >= 4 is 11.6 Å². The largest absolute Gasteiger partial charge is 0.396 e. The van der Waals surface area contributed by atoms with Crippen LogP contribution >= 0.6 is 0 Å². The predicted molar refractivity (Wildman–Crippen MR) is 81.2 cm³/mol. The highest BCUT2D eigenvalue weighted by atomic mass is 16.6. The number of carbonyl (C=O) groups is 1. The standard InChI is InChI=1S/C14H18N4O4/c1-3-22-17-13(7-6-11(2)18(20)21)10-16-14(19)12-5-4-8-15-9-12/h4-9,11H,3,10H2,1-2H3,(H,16,19)/b7-6+,17-13?/t11-/m1/s1. The van der Waals surface area contributed by atoms with E-state index in [1.54, 1.807) is 25.3 Å². The Kier molecular flexibility index (Phi) is 7.24. The van der Waals surface area contributed by atoms with Gasteiger partial charge in [0.05, 0.1) is 17.8 Å². The van der Waals surface area contributed by atoms with Crippen LogP contribution in [0.1, 0.15) is 24.2 Å². The SMILES string of the molecule is CCON=C(/C=C/[C@@H](C)[N+](=O)[O-])CNC(=O)c1cccnc1. The molecule has 0 unspecified atom stereocenters. The normalized spacial score (nSPS) is 12.9. The predicted octanol–water partition coefficient (Wildman–Crippen LogP) is 1.43. The monoisotopic (exact) mass is 306 g/mol. The molecule has 1 amide bonds. The maximum Gasteiger partial charge on any atom is 0.253 e. The van der Waals surface area contributed by atoms with Gasteiger partial charge in [-0.3, -0.25) is 19.9 Å². The van der Waals surface area contributed by atoms with E-state index in [9.17, 15) is 14.9 Å². The summed E-state index contributed by atoms with van der Waals surface area (Å²) in [5.74, 6) is -0.312. The number of hydrogen-bond acceptors (Lipinski definition) is 6. The highest BCUT2D eigenvalue weighted by molar-refractivity contribution is 6.01. The summed E-state index contributed by atoms with van der Waals surface area (Å²) in [5.41, 5.74) is 0.800. The van der Waals surface area contributed by atoms with E-state index in [0.29, 0.717) is 17.9 Å². The molecule has 0 aliphatic rings. The Morgan fingerprint density at radius 3 is 3.00 bits per heavy atom. The lowest BCUT2D eigenvalue weighted by molar-refractivity contribution is -0.504. The van der Waals surface area contributed by atoms with Crippen molar-refractivity contribution in [3.8, 4) is 0 Å². The molecule has 0 spiro atoms. The third-order valence-electron chi connectivity index (χ3n) is 2.56. The average molecular weight is 306 g/mol. The zero-order valence-electron chi connectivity index (χ0n) is 12.4. The zero-order chi connectivity index (χ0) is 16.4. The van der Waals surface area contributed by atoms with Crippen molar-refractivity contribution in [1.82, 2.24) is 10.3 Å². The highest BCUT2D eigenvalue weighted by Crippen LogP contribution is 1.96. The summed E-state index contributed by atoms with van der Waals surface area (Å²) in [6, 6.07) is 2.44. The first-order chi connectivity index (χ1) is 10.5. The second-order valence-electron chi connectivity index (χ2n) is 4.31. The maximum absolute atomic E-state index is 11.9. The van der Waals surface area contributed by atoms with Gasteiger partial charge in [0.25, 0.3) is 5.91 Å². The number of pyridine rings is 1. The smallest absolute Gasteiger partial charge is 0.253 e. The van der Waals surface area contributed by atoms with Crippen LogP contribution in [0.2, 0.25) is 0 Å². The van der Waals surface area contributed by atoms with Gasteiger partial charge in [0.15, 0.2) is 0 Å². The first-order valence-electron chi connectivity index (χ1n) is 6.73. The molecule has 1 heterocycles. The molecule has 22 heavy (non-hydrogen) atoms. The van der Waals surface area contributed by atoms with E-state index in [1.807, 2.05) is 0 Å². The molecular weight excluding hydrogens is 288 g/mol. The van der Waals surface area contributed by atoms with Gasteiger partial charge in [-0.1, -0.05) is 5.16 Å². The zero-order valence-corrected chi connectivity index (χ0v) is 12.4. The minimum atomic E-state index is -0.846. The molecule has 0 aliphatic carbocycles. The first-order valence-corrected chi connectivity index (χ1v) is 6.73. The summed E-state index contributed by atoms with van der Waals surface area (Å²) >= 11 is 0. The molecule has 1 atom stereocenters. The number of hydrogen-bond donors (Lipinski definition) is 1. The van der Waals surface area contributed by atoms with Gasteiger partial charge in [-0.15, -0.1) is 0 Å². The number of carbonyl (C=O) groups excluding carboxylic acids is 1. The van der Waals surface area contributed by atoms with Crippen LogP contribution in [0.15, 0.2) is 41.8 Å². The molecular formula is C14H18N4O4. The van der Waals surface area contributed by atoms with Crippen molar-refractivity contribution in [3.05, 3.63) is 52.4 Å². The number of amides is 1. The van der Waals surface area contributed by atoms with Crippen molar-refractivity contribution in [3.63, 3.8) is 0 Å². The minimum absolute atomic E-state index is 0.0919. The van der Waals surface area contributed by atoms with Gasteiger partial charge < -0.3 is 10.2 Å². The Morgan fingerprint density at radius 2 is 2.41 bits per heavy atom. The number of nitro groups is 1. The van der Waals surface area contributed by atoms with Crippen LogP contribution in [0, 0.1) is 10.1 Å². The van der Waals surface area contributed by atoms with E-state index in [-0.39, 0.29) is 12.5 Å². The quantitative estimate of drug-likeness (QED) is 0.444. The van der Waals surface area contributed by atoms with Gasteiger partial charge in [0.2, 0.25) is 6.04 Å². The van der Waals surface area contributed by atoms with E-state index >= 15 is 0 Å².